The molecule has 0 spiro atoms. The molecule has 216 valence electrons. The quantitative estimate of drug-likeness (QED) is 0.130. The minimum Gasteiger partial charge on any atom is -0.326 e. The number of fused-ring (bicyclic) bond motifs is 2. The van der Waals surface area contributed by atoms with Crippen LogP contribution in [0.4, 0.5) is 0 Å². The molecule has 2 fully saturated rings. The lowest BCUT2D eigenvalue weighted by molar-refractivity contribution is 0.256. The average molecular weight is 675 g/mol. The third kappa shape index (κ3) is 8.48. The molecule has 39 heavy (non-hydrogen) atoms. The monoisotopic (exact) mass is 674 g/mol. The molecule has 0 aromatic heterocycles. The van der Waals surface area contributed by atoms with Crippen LogP contribution < -0.4 is 0 Å². The lowest BCUT2D eigenvalue weighted by Gasteiger charge is -2.39. The second-order valence-corrected chi connectivity index (χ2v) is 18.5. The van der Waals surface area contributed by atoms with Crippen LogP contribution in [0.3, 0.4) is 0 Å². The van der Waals surface area contributed by atoms with Gasteiger partial charge in [0.2, 0.25) is 0 Å². The Morgan fingerprint density at radius 3 is 1.77 bits per heavy atom. The maximum Gasteiger partial charge on any atom is 0.107 e. The van der Waals surface area contributed by atoms with Crippen molar-refractivity contribution >= 4 is 116 Å². The Morgan fingerprint density at radius 1 is 0.769 bits per heavy atom. The fourth-order valence-corrected chi connectivity index (χ4v) is 12.3. The van der Waals surface area contributed by atoms with Crippen LogP contribution in [0.2, 0.25) is 0 Å². The van der Waals surface area contributed by atoms with Crippen LogP contribution in [0.5, 0.6) is 0 Å². The number of thioether (sulfide) groups is 4. The third-order valence-electron chi connectivity index (χ3n) is 8.35. The number of nitrogens with zero attached hydrogens (tertiary/aromatic N) is 2. The SMILES string of the molecule is CCC(C)(CCSCCSCCC(C)(C)CN1C(=S)C=C2SCCC2C1=S)CN1C(=S)C=C2SCCC2C1=S. The van der Waals surface area contributed by atoms with E-state index in [0.717, 1.165) is 45.9 Å². The van der Waals surface area contributed by atoms with Crippen LogP contribution in [-0.4, -0.2) is 77.4 Å². The number of rotatable bonds is 14. The molecule has 4 heterocycles. The van der Waals surface area contributed by atoms with Gasteiger partial charge in [-0.2, -0.15) is 23.5 Å². The second-order valence-electron chi connectivity index (χ2n) is 12.1. The Bertz CT molecular complexity index is 1030. The van der Waals surface area contributed by atoms with Gasteiger partial charge in [0, 0.05) is 36.4 Å². The normalized spacial score (nSPS) is 25.0. The lowest BCUT2D eigenvalue weighted by Crippen LogP contribution is -2.46. The largest absolute Gasteiger partial charge is 0.326 e. The summed E-state index contributed by atoms with van der Waals surface area (Å²) in [7, 11) is 0. The average Bonchev–Trinajstić information content (AvgIpc) is 3.56. The molecule has 2 nitrogen and oxygen atoms in total. The molecule has 0 aromatic carbocycles. The fraction of sp³-hybridized carbons (Fsp3) is 0.724. The van der Waals surface area contributed by atoms with E-state index in [1.807, 2.05) is 23.5 Å². The van der Waals surface area contributed by atoms with Gasteiger partial charge < -0.3 is 9.80 Å². The number of hydrogen-bond donors (Lipinski definition) is 0. The second kappa shape index (κ2) is 14.5. The predicted octanol–water partition coefficient (Wildman–Crippen LogP) is 8.89. The first-order valence-corrected chi connectivity index (χ1v) is 20.0. The molecular weight excluding hydrogens is 633 g/mol. The van der Waals surface area contributed by atoms with Crippen LogP contribution in [-0.2, 0) is 0 Å². The van der Waals surface area contributed by atoms with E-state index in [1.165, 1.54) is 63.6 Å². The summed E-state index contributed by atoms with van der Waals surface area (Å²) >= 11 is 31.3. The minimum atomic E-state index is 0.192. The van der Waals surface area contributed by atoms with Gasteiger partial charge >= 0.3 is 0 Å². The van der Waals surface area contributed by atoms with E-state index in [-0.39, 0.29) is 10.8 Å². The van der Waals surface area contributed by atoms with Gasteiger partial charge in [-0.3, -0.25) is 0 Å². The van der Waals surface area contributed by atoms with Crippen molar-refractivity contribution in [3.05, 3.63) is 22.0 Å². The summed E-state index contributed by atoms with van der Waals surface area (Å²) in [4.78, 5) is 11.3. The van der Waals surface area contributed by atoms with Crippen LogP contribution >= 0.6 is 95.9 Å². The fourth-order valence-electron chi connectivity index (χ4n) is 5.40. The van der Waals surface area contributed by atoms with E-state index in [9.17, 15) is 0 Å². The molecule has 0 radical (unpaired) electrons. The standard InChI is InChI=1S/C29H42N2S8/c1-5-29(4,19-31-25(33)17-23-21(27(31)35)7-11-39-23)9-13-37-15-14-36-12-8-28(2,3)18-30-24(32)16-22-20(26(30)34)6-10-38-22/h16-17,20-21H,5-15,18-19H2,1-4H3. The Kier molecular flexibility index (Phi) is 12.2. The van der Waals surface area contributed by atoms with Gasteiger partial charge in [-0.15, -0.1) is 23.5 Å². The maximum absolute atomic E-state index is 5.91. The Labute approximate surface area is 275 Å². The first kappa shape index (κ1) is 32.7. The van der Waals surface area contributed by atoms with Gasteiger partial charge in [0.15, 0.2) is 0 Å². The first-order valence-electron chi connectivity index (χ1n) is 14.1. The molecule has 0 aliphatic carbocycles. The van der Waals surface area contributed by atoms with Crippen LogP contribution in [0, 0.1) is 22.7 Å². The zero-order valence-electron chi connectivity index (χ0n) is 23.7. The predicted molar refractivity (Wildman–Crippen MR) is 197 cm³/mol. The van der Waals surface area contributed by atoms with Crippen molar-refractivity contribution in [2.24, 2.45) is 22.7 Å². The highest BCUT2D eigenvalue weighted by Gasteiger charge is 2.38. The van der Waals surface area contributed by atoms with Crippen LogP contribution in [0.25, 0.3) is 0 Å². The number of thiocarbonyl (C=S) groups is 4. The van der Waals surface area contributed by atoms with E-state index >= 15 is 0 Å². The highest BCUT2D eigenvalue weighted by atomic mass is 32.2. The van der Waals surface area contributed by atoms with E-state index in [0.29, 0.717) is 11.8 Å². The van der Waals surface area contributed by atoms with Gasteiger partial charge in [-0.1, -0.05) is 76.6 Å². The van der Waals surface area contributed by atoms with E-state index in [4.69, 9.17) is 48.9 Å². The Hall–Kier alpha value is 0.840. The van der Waals surface area contributed by atoms with Crippen LogP contribution in [0.15, 0.2) is 22.0 Å². The van der Waals surface area contributed by atoms with Crippen molar-refractivity contribution in [3.8, 4) is 0 Å². The van der Waals surface area contributed by atoms with Gasteiger partial charge in [-0.05, 0) is 87.9 Å². The molecule has 0 amide bonds. The topological polar surface area (TPSA) is 6.48 Å². The summed E-state index contributed by atoms with van der Waals surface area (Å²) in [6.07, 6.45) is 10.3. The molecule has 4 rings (SSSR count). The van der Waals surface area contributed by atoms with Crippen molar-refractivity contribution in [1.82, 2.24) is 9.80 Å². The van der Waals surface area contributed by atoms with Gasteiger partial charge in [0.05, 0.1) is 9.98 Å². The van der Waals surface area contributed by atoms with E-state index in [1.54, 1.807) is 0 Å². The summed E-state index contributed by atoms with van der Waals surface area (Å²) in [5.74, 6) is 8.00. The van der Waals surface area contributed by atoms with Crippen molar-refractivity contribution in [2.45, 2.75) is 59.8 Å². The van der Waals surface area contributed by atoms with Crippen LogP contribution in [0.1, 0.15) is 59.8 Å². The maximum atomic E-state index is 5.91. The molecule has 2 saturated heterocycles. The van der Waals surface area contributed by atoms with Crippen molar-refractivity contribution in [3.63, 3.8) is 0 Å². The zero-order chi connectivity index (χ0) is 28.2. The molecule has 3 atom stereocenters. The summed E-state index contributed by atoms with van der Waals surface area (Å²) in [5, 5.41) is 0. The summed E-state index contributed by atoms with van der Waals surface area (Å²) in [6.45, 7) is 11.3. The molecule has 4 aliphatic heterocycles. The minimum absolute atomic E-state index is 0.192. The third-order valence-corrected chi connectivity index (χ3v) is 14.6. The first-order chi connectivity index (χ1) is 18.5. The van der Waals surface area contributed by atoms with Gasteiger partial charge in [0.1, 0.15) is 9.98 Å². The van der Waals surface area contributed by atoms with Crippen molar-refractivity contribution < 1.29 is 0 Å². The van der Waals surface area contributed by atoms with Gasteiger partial charge in [0.25, 0.3) is 0 Å². The Morgan fingerprint density at radius 2 is 1.26 bits per heavy atom. The van der Waals surface area contributed by atoms with E-state index in [2.05, 4.69) is 73.2 Å². The van der Waals surface area contributed by atoms with Crippen molar-refractivity contribution in [1.29, 1.82) is 0 Å². The Balaban J connectivity index is 1.12. The smallest absolute Gasteiger partial charge is 0.107 e. The lowest BCUT2D eigenvalue weighted by atomic mass is 9.83. The summed E-state index contributed by atoms with van der Waals surface area (Å²) in [6, 6.07) is 0. The molecule has 3 unspecified atom stereocenters. The molecule has 0 aromatic rings. The summed E-state index contributed by atoms with van der Waals surface area (Å²) < 4.78 is 0. The molecule has 10 heteroatoms. The molecule has 4 aliphatic rings. The zero-order valence-corrected chi connectivity index (χ0v) is 30.2. The molecular formula is C29H42N2S8. The molecule has 0 N–H and O–H groups in total. The molecule has 0 bridgehead atoms. The number of hydrogen-bond acceptors (Lipinski definition) is 8. The summed E-state index contributed by atoms with van der Waals surface area (Å²) in [5.41, 5.74) is 0.426. The van der Waals surface area contributed by atoms with Crippen molar-refractivity contribution in [2.75, 3.05) is 47.6 Å². The molecule has 0 saturated carbocycles. The van der Waals surface area contributed by atoms with Gasteiger partial charge in [-0.25, -0.2) is 0 Å². The van der Waals surface area contributed by atoms with E-state index < -0.39 is 0 Å². The highest BCUT2D eigenvalue weighted by molar-refractivity contribution is 8.04. The highest BCUT2D eigenvalue weighted by Crippen LogP contribution is 2.43.